The molecule has 4 rings (SSSR count). The Hall–Kier alpha value is -2.90. The number of nitrogens with zero attached hydrogens (tertiary/aromatic N) is 3. The van der Waals surface area contributed by atoms with Gasteiger partial charge in [-0.2, -0.15) is 0 Å². The van der Waals surface area contributed by atoms with Crippen molar-refractivity contribution in [3.05, 3.63) is 59.1 Å². The average molecular weight is 398 g/mol. The van der Waals surface area contributed by atoms with Gasteiger partial charge in [0, 0.05) is 16.3 Å². The average Bonchev–Trinajstić information content (AvgIpc) is 3.29. The zero-order valence-corrected chi connectivity index (χ0v) is 16.0. The van der Waals surface area contributed by atoms with Crippen LogP contribution in [0.4, 0.5) is 16.7 Å². The van der Waals surface area contributed by atoms with Crippen LogP contribution in [0.2, 0.25) is 5.02 Å². The maximum Gasteiger partial charge on any atom is 0.229 e. The summed E-state index contributed by atoms with van der Waals surface area (Å²) in [5.74, 6) is 0.619. The van der Waals surface area contributed by atoms with E-state index in [1.807, 2.05) is 24.3 Å². The third kappa shape index (κ3) is 3.79. The summed E-state index contributed by atoms with van der Waals surface area (Å²) >= 11 is 7.28. The van der Waals surface area contributed by atoms with Gasteiger partial charge in [0.2, 0.25) is 16.9 Å². The highest BCUT2D eigenvalue weighted by molar-refractivity contribution is 7.18. The molecule has 2 aromatic heterocycles. The predicted molar refractivity (Wildman–Crippen MR) is 109 cm³/mol. The number of hydrogen-bond acceptors (Lipinski definition) is 7. The van der Waals surface area contributed by atoms with E-state index < -0.39 is 0 Å². The minimum absolute atomic E-state index is 0.204. The molecule has 0 saturated carbocycles. The summed E-state index contributed by atoms with van der Waals surface area (Å²) in [5, 5.41) is 13.5. The van der Waals surface area contributed by atoms with Crippen molar-refractivity contribution in [2.75, 3.05) is 11.1 Å². The van der Waals surface area contributed by atoms with E-state index in [2.05, 4.69) is 39.6 Å². The lowest BCUT2D eigenvalue weighted by Crippen LogP contribution is -1.89. The van der Waals surface area contributed by atoms with Gasteiger partial charge < -0.3 is 15.5 Å². The third-order valence-corrected chi connectivity index (χ3v) is 5.08. The fourth-order valence-electron chi connectivity index (χ4n) is 2.52. The second-order valence-corrected chi connectivity index (χ2v) is 7.24. The number of rotatable bonds is 5. The van der Waals surface area contributed by atoms with Crippen LogP contribution in [0.1, 0.15) is 12.5 Å². The number of halogens is 1. The van der Waals surface area contributed by atoms with E-state index in [9.17, 15) is 0 Å². The molecule has 0 fully saturated rings. The van der Waals surface area contributed by atoms with Gasteiger partial charge in [-0.1, -0.05) is 42.0 Å². The van der Waals surface area contributed by atoms with E-state index in [4.69, 9.17) is 21.8 Å². The maximum absolute atomic E-state index is 6.00. The number of aromatic nitrogens is 3. The smallest absolute Gasteiger partial charge is 0.229 e. The van der Waals surface area contributed by atoms with Crippen molar-refractivity contribution in [1.82, 2.24) is 15.2 Å². The maximum atomic E-state index is 6.00. The lowest BCUT2D eigenvalue weighted by molar-refractivity contribution is 0.594. The van der Waals surface area contributed by atoms with E-state index in [0.717, 1.165) is 17.7 Å². The largest absolute Gasteiger partial charge is 0.420 e. The number of anilines is 3. The molecule has 0 amide bonds. The zero-order valence-electron chi connectivity index (χ0n) is 14.4. The standard InChI is InChI=1S/C19H16ClN5OS/c1-2-11-3-9-14(10-4-11)22-19-25-24-18(27-19)15-16(21)26-17(23-15)12-5-7-13(20)8-6-12/h3-10H,2,21H2,1H3,(H,22,25). The van der Waals surface area contributed by atoms with E-state index in [0.29, 0.717) is 26.7 Å². The van der Waals surface area contributed by atoms with Gasteiger partial charge in [0.05, 0.1) is 0 Å². The van der Waals surface area contributed by atoms with Crippen molar-refractivity contribution in [3.8, 4) is 22.2 Å². The Kier molecular flexibility index (Phi) is 4.79. The molecule has 0 aliphatic rings. The second kappa shape index (κ2) is 7.38. The van der Waals surface area contributed by atoms with Crippen molar-refractivity contribution in [2.45, 2.75) is 13.3 Å². The molecular formula is C19H16ClN5OS. The number of hydrogen-bond donors (Lipinski definition) is 2. The van der Waals surface area contributed by atoms with Gasteiger partial charge in [-0.15, -0.1) is 10.2 Å². The number of benzene rings is 2. The quantitative estimate of drug-likeness (QED) is 0.468. The molecule has 0 radical (unpaired) electrons. The molecule has 0 aliphatic carbocycles. The van der Waals surface area contributed by atoms with Crippen LogP contribution in [-0.4, -0.2) is 15.2 Å². The van der Waals surface area contributed by atoms with Gasteiger partial charge in [0.15, 0.2) is 10.7 Å². The zero-order chi connectivity index (χ0) is 18.8. The topological polar surface area (TPSA) is 89.9 Å². The summed E-state index contributed by atoms with van der Waals surface area (Å²) in [6.45, 7) is 2.13. The molecule has 0 aliphatic heterocycles. The molecule has 4 aromatic rings. The highest BCUT2D eigenvalue weighted by Crippen LogP contribution is 2.34. The first-order valence-electron chi connectivity index (χ1n) is 8.34. The van der Waals surface area contributed by atoms with Crippen LogP contribution >= 0.6 is 22.9 Å². The van der Waals surface area contributed by atoms with Gasteiger partial charge >= 0.3 is 0 Å². The van der Waals surface area contributed by atoms with Crippen LogP contribution in [-0.2, 0) is 6.42 Å². The highest BCUT2D eigenvalue weighted by Gasteiger charge is 2.18. The van der Waals surface area contributed by atoms with Crippen LogP contribution in [0.15, 0.2) is 52.9 Å². The molecule has 2 heterocycles. The summed E-state index contributed by atoms with van der Waals surface area (Å²) in [5.41, 5.74) is 9.49. The third-order valence-electron chi connectivity index (χ3n) is 3.99. The fourth-order valence-corrected chi connectivity index (χ4v) is 3.40. The first-order valence-corrected chi connectivity index (χ1v) is 9.54. The molecule has 0 spiro atoms. The predicted octanol–water partition coefficient (Wildman–Crippen LogP) is 5.40. The van der Waals surface area contributed by atoms with Gasteiger partial charge in [-0.05, 0) is 48.4 Å². The summed E-state index contributed by atoms with van der Waals surface area (Å²) in [7, 11) is 0. The number of nitrogens with one attached hydrogen (secondary N) is 1. The molecule has 3 N–H and O–H groups in total. The summed E-state index contributed by atoms with van der Waals surface area (Å²) < 4.78 is 5.59. The molecule has 8 heteroatoms. The van der Waals surface area contributed by atoms with E-state index in [1.54, 1.807) is 12.1 Å². The minimum atomic E-state index is 0.204. The van der Waals surface area contributed by atoms with E-state index >= 15 is 0 Å². The Morgan fingerprint density at radius 1 is 1.07 bits per heavy atom. The van der Waals surface area contributed by atoms with Crippen molar-refractivity contribution in [2.24, 2.45) is 0 Å². The van der Waals surface area contributed by atoms with Crippen LogP contribution in [0.3, 0.4) is 0 Å². The second-order valence-electron chi connectivity index (χ2n) is 5.83. The van der Waals surface area contributed by atoms with Crippen LogP contribution in [0.5, 0.6) is 0 Å². The van der Waals surface area contributed by atoms with Gasteiger partial charge in [0.1, 0.15) is 0 Å². The van der Waals surface area contributed by atoms with Gasteiger partial charge in [0.25, 0.3) is 0 Å². The van der Waals surface area contributed by atoms with Crippen molar-refractivity contribution < 1.29 is 4.42 Å². The Balaban J connectivity index is 1.56. The Labute approximate surface area is 165 Å². The lowest BCUT2D eigenvalue weighted by atomic mass is 10.1. The molecule has 2 aromatic carbocycles. The first-order chi connectivity index (χ1) is 13.1. The van der Waals surface area contributed by atoms with Gasteiger partial charge in [-0.25, -0.2) is 4.98 Å². The van der Waals surface area contributed by atoms with Crippen molar-refractivity contribution >= 4 is 39.6 Å². The monoisotopic (exact) mass is 397 g/mol. The molecule has 0 bridgehead atoms. The van der Waals surface area contributed by atoms with E-state index in [1.165, 1.54) is 16.9 Å². The number of aryl methyl sites for hydroxylation is 1. The summed E-state index contributed by atoms with van der Waals surface area (Å²) in [6.07, 6.45) is 1.00. The van der Waals surface area contributed by atoms with Crippen molar-refractivity contribution in [3.63, 3.8) is 0 Å². The van der Waals surface area contributed by atoms with Crippen LogP contribution < -0.4 is 11.1 Å². The van der Waals surface area contributed by atoms with Crippen molar-refractivity contribution in [1.29, 1.82) is 0 Å². The Morgan fingerprint density at radius 3 is 2.52 bits per heavy atom. The highest BCUT2D eigenvalue weighted by atomic mass is 35.5. The van der Waals surface area contributed by atoms with Gasteiger partial charge in [-0.3, -0.25) is 0 Å². The Morgan fingerprint density at radius 2 is 1.81 bits per heavy atom. The summed E-state index contributed by atoms with van der Waals surface area (Å²) in [6, 6.07) is 15.4. The first kappa shape index (κ1) is 17.5. The molecule has 0 atom stereocenters. The molecule has 0 unspecified atom stereocenters. The number of oxazole rings is 1. The lowest BCUT2D eigenvalue weighted by Gasteiger charge is -2.02. The SMILES string of the molecule is CCc1ccc(Nc2nnc(-c3nc(-c4ccc(Cl)cc4)oc3N)s2)cc1. The molecule has 0 saturated heterocycles. The number of nitrogens with two attached hydrogens (primary N) is 1. The minimum Gasteiger partial charge on any atom is -0.420 e. The molecule has 27 heavy (non-hydrogen) atoms. The van der Waals surface area contributed by atoms with E-state index in [-0.39, 0.29) is 5.88 Å². The molecule has 6 nitrogen and oxygen atoms in total. The Bertz CT molecular complexity index is 1060. The van der Waals surface area contributed by atoms with Crippen LogP contribution in [0, 0.1) is 0 Å². The normalized spacial score (nSPS) is 10.9. The fraction of sp³-hybridized carbons (Fsp3) is 0.105. The number of nitrogen functional groups attached to an aromatic ring is 1. The summed E-state index contributed by atoms with van der Waals surface area (Å²) in [4.78, 5) is 4.47. The molecule has 136 valence electrons. The van der Waals surface area contributed by atoms with Crippen LogP contribution in [0.25, 0.3) is 22.2 Å². The molecular weight excluding hydrogens is 382 g/mol.